The van der Waals surface area contributed by atoms with Gasteiger partial charge in [-0.25, -0.2) is 33.2 Å². The number of pyridine rings is 1. The molecular formula is C64H69F5N12O10S. The summed E-state index contributed by atoms with van der Waals surface area (Å²) in [5.41, 5.74) is -0.0619. The van der Waals surface area contributed by atoms with Crippen LogP contribution in [0.25, 0.3) is 38.8 Å². The van der Waals surface area contributed by atoms with Crippen LogP contribution in [0.2, 0.25) is 0 Å². The van der Waals surface area contributed by atoms with Gasteiger partial charge in [-0.15, -0.1) is 0 Å². The van der Waals surface area contributed by atoms with Crippen molar-refractivity contribution in [1.82, 2.24) is 50.1 Å². The Kier molecular flexibility index (Phi) is 22.5. The molecule has 4 N–H and O–H groups in total. The number of amides is 5. The van der Waals surface area contributed by atoms with Gasteiger partial charge in [0.2, 0.25) is 23.6 Å². The van der Waals surface area contributed by atoms with E-state index in [1.807, 2.05) is 73.7 Å². The van der Waals surface area contributed by atoms with Crippen LogP contribution in [0, 0.1) is 0 Å². The number of carbonyl (C=O) groups is 5. The van der Waals surface area contributed by atoms with Crippen LogP contribution in [-0.2, 0) is 41.7 Å². The first-order valence-corrected chi connectivity index (χ1v) is 30.6. The number of hydrogen-bond donors (Lipinski definition) is 4. The van der Waals surface area contributed by atoms with E-state index in [1.165, 1.54) is 49.5 Å². The maximum atomic E-state index is 14.6. The molecule has 4 aromatic carbocycles. The number of alkyl halides is 5. The number of ether oxygens (including phenoxy) is 3. The molecule has 1 aliphatic heterocycles. The number of rotatable bonds is 28. The van der Waals surface area contributed by atoms with Gasteiger partial charge in [-0.1, -0.05) is 78.5 Å². The summed E-state index contributed by atoms with van der Waals surface area (Å²) >= 11 is 1.25. The lowest BCUT2D eigenvalue weighted by Crippen LogP contribution is -2.44. The molecule has 92 heavy (non-hydrogen) atoms. The maximum absolute atomic E-state index is 14.6. The fourth-order valence-corrected chi connectivity index (χ4v) is 11.2. The number of halogens is 5. The lowest BCUT2D eigenvalue weighted by molar-refractivity contribution is -0.132. The van der Waals surface area contributed by atoms with Crippen LogP contribution < -0.4 is 31.7 Å². The van der Waals surface area contributed by atoms with Crippen LogP contribution in [0.1, 0.15) is 92.4 Å². The highest BCUT2D eigenvalue weighted by atomic mass is 32.2. The Balaban J connectivity index is 0.647. The molecule has 4 aromatic heterocycles. The second kappa shape index (κ2) is 30.8. The van der Waals surface area contributed by atoms with E-state index in [-0.39, 0.29) is 91.3 Å². The first-order valence-electron chi connectivity index (χ1n) is 29.7. The van der Waals surface area contributed by atoms with Crippen molar-refractivity contribution in [3.05, 3.63) is 155 Å². The summed E-state index contributed by atoms with van der Waals surface area (Å²) in [5.74, 6) is -2.40. The first kappa shape index (κ1) is 67.3. The van der Waals surface area contributed by atoms with Gasteiger partial charge >= 0.3 is 12.3 Å². The van der Waals surface area contributed by atoms with Crippen molar-refractivity contribution in [2.24, 2.45) is 0 Å². The van der Waals surface area contributed by atoms with Crippen LogP contribution in [0.4, 0.5) is 38.3 Å². The van der Waals surface area contributed by atoms with Crippen molar-refractivity contribution in [2.75, 3.05) is 69.4 Å². The van der Waals surface area contributed by atoms with Gasteiger partial charge in [-0.2, -0.15) is 18.3 Å². The minimum atomic E-state index is -4.81. The van der Waals surface area contributed by atoms with E-state index >= 15 is 0 Å². The Bertz CT molecular complexity index is 3940. The van der Waals surface area contributed by atoms with Crippen LogP contribution >= 0.6 is 11.8 Å². The van der Waals surface area contributed by atoms with E-state index in [1.54, 1.807) is 33.7 Å². The molecule has 486 valence electrons. The third kappa shape index (κ3) is 18.1. The normalized spacial score (nSPS) is 13.8. The van der Waals surface area contributed by atoms with E-state index in [4.69, 9.17) is 23.6 Å². The van der Waals surface area contributed by atoms with Crippen LogP contribution in [0.15, 0.2) is 136 Å². The zero-order valence-electron chi connectivity index (χ0n) is 50.8. The van der Waals surface area contributed by atoms with Crippen molar-refractivity contribution in [3.63, 3.8) is 0 Å². The van der Waals surface area contributed by atoms with Crippen molar-refractivity contribution >= 4 is 74.7 Å². The fraction of sp³-hybridized carbons (Fsp3) is 0.375. The third-order valence-corrected chi connectivity index (χ3v) is 15.7. The number of benzene rings is 4. The Morgan fingerprint density at radius 1 is 0.837 bits per heavy atom. The van der Waals surface area contributed by atoms with Gasteiger partial charge in [0, 0.05) is 69.9 Å². The quantitative estimate of drug-likeness (QED) is 0.0117. The highest BCUT2D eigenvalue weighted by molar-refractivity contribution is 8.00. The van der Waals surface area contributed by atoms with Crippen LogP contribution in [-0.4, -0.2) is 141 Å². The standard InChI is InChI=1S/C64H69F5N12O10S/c1-5-78-59(85)47-32-42-14-9-10-15-43(42)33-48(47)76-61(78)92-55(41-12-7-6-8-13-41)60(86)79-27-11-16-46(79)36-73-53(83)22-21-52(82)72-26-29-89-31-30-88-28-25-70-35-40-17-19-45(20-18-40)81-37-49(54(77-81)56(65)66)74-57(84)50-38-90-58(75-50)44-23-24-71-51(34-44)80(39-64(67,68)69)62(87)91-63(2,3)4/h6-10,12-15,17-20,23-24,32-34,37-38,46,55-56,70H,5,11,16,21-22,25-31,35-36,39H2,1-4H3,(H,72,82)(H,73,83)(H,74,84)/t46-,55?/m1/s1. The number of likely N-dealkylation sites (tertiary alicyclic amines) is 1. The Hall–Kier alpha value is -9.12. The molecule has 1 aliphatic rings. The average Bonchev–Trinajstić information content (AvgIpc) is 0.953. The van der Waals surface area contributed by atoms with Crippen molar-refractivity contribution in [1.29, 1.82) is 0 Å². The lowest BCUT2D eigenvalue weighted by atomic mass is 10.1. The Morgan fingerprint density at radius 2 is 1.53 bits per heavy atom. The summed E-state index contributed by atoms with van der Waals surface area (Å²) < 4.78 is 93.5. The summed E-state index contributed by atoms with van der Waals surface area (Å²) in [5, 5.41) is 17.4. The van der Waals surface area contributed by atoms with Gasteiger partial charge < -0.3 is 44.8 Å². The van der Waals surface area contributed by atoms with E-state index in [0.717, 1.165) is 46.8 Å². The van der Waals surface area contributed by atoms with Gasteiger partial charge in [0.05, 0.1) is 54.9 Å². The van der Waals surface area contributed by atoms with Crippen LogP contribution in [0.5, 0.6) is 0 Å². The number of aromatic nitrogens is 6. The molecule has 8 aromatic rings. The molecule has 0 saturated carbocycles. The summed E-state index contributed by atoms with van der Waals surface area (Å²) in [6.45, 7) is 8.08. The molecule has 0 radical (unpaired) electrons. The summed E-state index contributed by atoms with van der Waals surface area (Å²) in [6, 6.07) is 30.0. The van der Waals surface area contributed by atoms with E-state index in [9.17, 15) is 50.7 Å². The van der Waals surface area contributed by atoms with Crippen molar-refractivity contribution in [2.45, 2.75) is 101 Å². The molecule has 5 heterocycles. The topological polar surface area (TPSA) is 259 Å². The number of nitrogens with one attached hydrogen (secondary N) is 4. The Labute approximate surface area is 529 Å². The molecule has 28 heteroatoms. The highest BCUT2D eigenvalue weighted by Crippen LogP contribution is 2.39. The summed E-state index contributed by atoms with van der Waals surface area (Å²) in [7, 11) is 0. The van der Waals surface area contributed by atoms with Gasteiger partial charge in [-0.3, -0.25) is 33.4 Å². The second-order valence-electron chi connectivity index (χ2n) is 22.4. The number of carbonyl (C=O) groups excluding carboxylic acids is 5. The average molecular weight is 1290 g/mol. The molecule has 9 rings (SSSR count). The van der Waals surface area contributed by atoms with Gasteiger partial charge in [0.15, 0.2) is 16.5 Å². The molecule has 1 unspecified atom stereocenters. The van der Waals surface area contributed by atoms with Gasteiger partial charge in [0.1, 0.15) is 29.5 Å². The first-order chi connectivity index (χ1) is 44.1. The maximum Gasteiger partial charge on any atom is 0.416 e. The fourth-order valence-electron chi connectivity index (χ4n) is 10.0. The predicted molar refractivity (Wildman–Crippen MR) is 333 cm³/mol. The van der Waals surface area contributed by atoms with Crippen LogP contribution in [0.3, 0.4) is 0 Å². The van der Waals surface area contributed by atoms with Gasteiger partial charge in [-0.05, 0) is 98.8 Å². The second-order valence-corrected chi connectivity index (χ2v) is 23.4. The summed E-state index contributed by atoms with van der Waals surface area (Å²) in [4.78, 5) is 95.0. The molecule has 0 spiro atoms. The SMILES string of the molecule is CCn1c(SC(C(=O)N2CCC[C@@H]2CNC(=O)CCC(=O)NCCOCCOCCNCc2ccc(-n3cc(NC(=O)c4coc(-c5ccnc(N(CC(F)(F)F)C(=O)OC(C)(C)C)c5)n4)c(C(F)F)n3)cc2)c2ccccc2)nc2cc3ccccc3cc2c1=O. The highest BCUT2D eigenvalue weighted by Gasteiger charge is 2.38. The monoisotopic (exact) mass is 1290 g/mol. The minimum Gasteiger partial charge on any atom is -0.444 e. The van der Waals surface area contributed by atoms with Crippen molar-refractivity contribution in [3.8, 4) is 17.1 Å². The Morgan fingerprint density at radius 3 is 2.23 bits per heavy atom. The predicted octanol–water partition coefficient (Wildman–Crippen LogP) is 9.96. The zero-order chi connectivity index (χ0) is 65.5. The molecule has 0 aliphatic carbocycles. The summed E-state index contributed by atoms with van der Waals surface area (Å²) in [6.07, 6.45) is -4.59. The number of nitrogens with zero attached hydrogens (tertiary/aromatic N) is 8. The lowest BCUT2D eigenvalue weighted by Gasteiger charge is -2.29. The zero-order valence-corrected chi connectivity index (χ0v) is 51.7. The molecule has 1 saturated heterocycles. The number of oxazole rings is 1. The molecule has 0 bridgehead atoms. The van der Waals surface area contributed by atoms with E-state index in [2.05, 4.69) is 36.3 Å². The number of anilines is 2. The number of hydrogen-bond acceptors (Lipinski definition) is 16. The largest absolute Gasteiger partial charge is 0.444 e. The molecule has 5 amide bonds. The number of fused-ring (bicyclic) bond motifs is 2. The molecule has 22 nitrogen and oxygen atoms in total. The smallest absolute Gasteiger partial charge is 0.416 e. The molecule has 2 atom stereocenters. The third-order valence-electron chi connectivity index (χ3n) is 14.5. The molecular weight excluding hydrogens is 1220 g/mol. The molecule has 1 fully saturated rings. The number of thioether (sulfide) groups is 1. The van der Waals surface area contributed by atoms with E-state index < -0.39 is 53.5 Å². The van der Waals surface area contributed by atoms with E-state index in [0.29, 0.717) is 72.5 Å². The van der Waals surface area contributed by atoms with Crippen molar-refractivity contribution < 1.29 is 64.6 Å². The minimum absolute atomic E-state index is 0.0321. The van der Waals surface area contributed by atoms with Gasteiger partial charge in [0.25, 0.3) is 17.9 Å².